The van der Waals surface area contributed by atoms with Crippen LogP contribution in [0, 0.1) is 6.92 Å². The summed E-state index contributed by atoms with van der Waals surface area (Å²) in [5, 5.41) is 8.74. The van der Waals surface area contributed by atoms with E-state index in [0.717, 1.165) is 19.1 Å². The van der Waals surface area contributed by atoms with Crippen LogP contribution in [-0.2, 0) is 0 Å². The molecule has 2 rings (SSSR count). The van der Waals surface area contributed by atoms with E-state index in [9.17, 15) is 0 Å². The van der Waals surface area contributed by atoms with Crippen molar-refractivity contribution in [1.29, 1.82) is 0 Å². The second-order valence-corrected chi connectivity index (χ2v) is 7.01. The second kappa shape index (κ2) is 5.48. The average molecular weight is 304 g/mol. The Hall–Kier alpha value is -0.430. The third-order valence-corrected chi connectivity index (χ3v) is 5.49. The quantitative estimate of drug-likeness (QED) is 0.687. The van der Waals surface area contributed by atoms with Crippen molar-refractivity contribution >= 4 is 52.1 Å². The van der Waals surface area contributed by atoms with Crippen molar-refractivity contribution in [1.82, 2.24) is 10.2 Å². The molecule has 2 aromatic rings. The molecule has 0 spiro atoms. The smallest absolute Gasteiger partial charge is 0.179 e. The third kappa shape index (κ3) is 3.07. The number of aryl methyl sites for hydroxylation is 1. The van der Waals surface area contributed by atoms with Gasteiger partial charge in [0.25, 0.3) is 0 Å². The van der Waals surface area contributed by atoms with E-state index in [-0.39, 0.29) is 0 Å². The number of hydrogen-bond acceptors (Lipinski definition) is 6. The summed E-state index contributed by atoms with van der Waals surface area (Å²) in [6, 6.07) is 3.75. The first-order chi connectivity index (χ1) is 8.10. The topological polar surface area (TPSA) is 51.8 Å². The number of halogens is 1. The fraction of sp³-hybridized carbons (Fsp3) is 0.200. The number of nitrogens with zero attached hydrogens (tertiary/aromatic N) is 2. The van der Waals surface area contributed by atoms with Crippen LogP contribution in [0.3, 0.4) is 0 Å². The Morgan fingerprint density at radius 1 is 1.29 bits per heavy atom. The maximum Gasteiger partial charge on any atom is 0.179 e. The Morgan fingerprint density at radius 3 is 2.65 bits per heavy atom. The molecule has 0 saturated carbocycles. The molecule has 0 unspecified atom stereocenters. The van der Waals surface area contributed by atoms with E-state index in [2.05, 4.69) is 10.2 Å². The predicted octanol–water partition coefficient (Wildman–Crippen LogP) is 3.96. The van der Waals surface area contributed by atoms with Gasteiger partial charge in [-0.25, -0.2) is 0 Å². The van der Waals surface area contributed by atoms with E-state index in [1.807, 2.05) is 25.3 Å². The lowest BCUT2D eigenvalue weighted by atomic mass is 10.2. The molecular formula is C10H10ClN3S3. The van der Waals surface area contributed by atoms with Crippen molar-refractivity contribution in [3.63, 3.8) is 0 Å². The molecule has 7 heteroatoms. The number of thioether (sulfide) groups is 1. The van der Waals surface area contributed by atoms with Gasteiger partial charge >= 0.3 is 0 Å². The van der Waals surface area contributed by atoms with Crippen molar-refractivity contribution in [3.05, 3.63) is 22.7 Å². The number of hydrogen-bond donors (Lipinski definition) is 1. The van der Waals surface area contributed by atoms with E-state index in [4.69, 9.17) is 17.3 Å². The molecule has 1 heterocycles. The van der Waals surface area contributed by atoms with E-state index in [1.54, 1.807) is 34.9 Å². The lowest BCUT2D eigenvalue weighted by molar-refractivity contribution is 0.955. The van der Waals surface area contributed by atoms with Gasteiger partial charge in [0.05, 0.1) is 10.7 Å². The number of nitrogen functional groups attached to an aromatic ring is 1. The van der Waals surface area contributed by atoms with Crippen molar-refractivity contribution in [3.8, 4) is 0 Å². The molecule has 0 saturated heterocycles. The standard InChI is InChI=1S/C10H10ClN3S3/c1-5-3-7(12)6(11)4-8(5)16-10-14-13-9(15-2)17-10/h3-4H,12H2,1-2H3. The van der Waals surface area contributed by atoms with Crippen LogP contribution < -0.4 is 5.73 Å². The summed E-state index contributed by atoms with van der Waals surface area (Å²) in [6.07, 6.45) is 1.99. The minimum Gasteiger partial charge on any atom is -0.398 e. The molecular weight excluding hydrogens is 294 g/mol. The Kier molecular flexibility index (Phi) is 4.19. The van der Waals surface area contributed by atoms with Crippen molar-refractivity contribution < 1.29 is 0 Å². The van der Waals surface area contributed by atoms with Crippen LogP contribution in [0.2, 0.25) is 5.02 Å². The van der Waals surface area contributed by atoms with Crippen molar-refractivity contribution in [2.75, 3.05) is 12.0 Å². The first-order valence-electron chi connectivity index (χ1n) is 4.71. The monoisotopic (exact) mass is 303 g/mol. The zero-order valence-corrected chi connectivity index (χ0v) is 12.4. The Bertz CT molecular complexity index is 542. The van der Waals surface area contributed by atoms with Gasteiger partial charge in [0.15, 0.2) is 8.68 Å². The van der Waals surface area contributed by atoms with Gasteiger partial charge < -0.3 is 5.73 Å². The second-order valence-electron chi connectivity index (χ2n) is 3.28. The van der Waals surface area contributed by atoms with Gasteiger partial charge in [0, 0.05) is 4.90 Å². The molecule has 0 aliphatic heterocycles. The van der Waals surface area contributed by atoms with Crippen LogP contribution >= 0.6 is 46.5 Å². The maximum absolute atomic E-state index is 6.01. The number of benzene rings is 1. The summed E-state index contributed by atoms with van der Waals surface area (Å²) in [5.41, 5.74) is 7.44. The molecule has 0 fully saturated rings. The Morgan fingerprint density at radius 2 is 2.00 bits per heavy atom. The number of anilines is 1. The van der Waals surface area contributed by atoms with Gasteiger partial charge in [0.1, 0.15) is 0 Å². The van der Waals surface area contributed by atoms with Gasteiger partial charge in [-0.1, -0.05) is 46.5 Å². The number of nitrogens with two attached hydrogens (primary N) is 1. The molecule has 0 atom stereocenters. The molecule has 1 aromatic heterocycles. The summed E-state index contributed by atoms with van der Waals surface area (Å²) in [5.74, 6) is 0. The van der Waals surface area contributed by atoms with Crippen LogP contribution in [0.15, 0.2) is 25.7 Å². The lowest BCUT2D eigenvalue weighted by Gasteiger charge is -2.05. The van der Waals surface area contributed by atoms with Gasteiger partial charge in [-0.2, -0.15) is 0 Å². The molecule has 0 radical (unpaired) electrons. The van der Waals surface area contributed by atoms with E-state index in [1.165, 1.54) is 0 Å². The molecule has 90 valence electrons. The highest BCUT2D eigenvalue weighted by molar-refractivity contribution is 8.03. The fourth-order valence-electron chi connectivity index (χ4n) is 1.21. The minimum atomic E-state index is 0.577. The van der Waals surface area contributed by atoms with Crippen LogP contribution in [-0.4, -0.2) is 16.5 Å². The SMILES string of the molecule is CSc1nnc(Sc2cc(Cl)c(N)cc2C)s1. The first kappa shape index (κ1) is 13.0. The Labute approximate surface area is 117 Å². The molecule has 0 bridgehead atoms. The summed E-state index contributed by atoms with van der Waals surface area (Å²) >= 11 is 10.7. The summed E-state index contributed by atoms with van der Waals surface area (Å²) < 4.78 is 1.88. The summed E-state index contributed by atoms with van der Waals surface area (Å²) in [7, 11) is 0. The largest absolute Gasteiger partial charge is 0.398 e. The van der Waals surface area contributed by atoms with Crippen LogP contribution in [0.25, 0.3) is 0 Å². The van der Waals surface area contributed by atoms with Crippen LogP contribution in [0.1, 0.15) is 5.56 Å². The van der Waals surface area contributed by atoms with Crippen LogP contribution in [0.5, 0.6) is 0 Å². The summed E-state index contributed by atoms with van der Waals surface area (Å²) in [6.45, 7) is 2.01. The third-order valence-electron chi connectivity index (χ3n) is 2.05. The highest BCUT2D eigenvalue weighted by Gasteiger charge is 2.09. The zero-order chi connectivity index (χ0) is 12.4. The van der Waals surface area contributed by atoms with E-state index < -0.39 is 0 Å². The predicted molar refractivity (Wildman–Crippen MR) is 76.4 cm³/mol. The van der Waals surface area contributed by atoms with E-state index in [0.29, 0.717) is 10.7 Å². The van der Waals surface area contributed by atoms with Crippen LogP contribution in [0.4, 0.5) is 5.69 Å². The normalized spacial score (nSPS) is 10.8. The van der Waals surface area contributed by atoms with Gasteiger partial charge in [-0.3, -0.25) is 0 Å². The molecule has 0 aliphatic rings. The maximum atomic E-state index is 6.01. The fourth-order valence-corrected chi connectivity index (χ4v) is 3.94. The number of rotatable bonds is 3. The van der Waals surface area contributed by atoms with Crippen molar-refractivity contribution in [2.24, 2.45) is 0 Å². The lowest BCUT2D eigenvalue weighted by Crippen LogP contribution is -1.89. The highest BCUT2D eigenvalue weighted by atomic mass is 35.5. The Balaban J connectivity index is 2.26. The van der Waals surface area contributed by atoms with Crippen molar-refractivity contribution in [2.45, 2.75) is 20.5 Å². The molecule has 2 N–H and O–H groups in total. The van der Waals surface area contributed by atoms with Gasteiger partial charge in [0.2, 0.25) is 0 Å². The summed E-state index contributed by atoms with van der Waals surface area (Å²) in [4.78, 5) is 1.06. The zero-order valence-electron chi connectivity index (χ0n) is 9.23. The molecule has 3 nitrogen and oxygen atoms in total. The highest BCUT2D eigenvalue weighted by Crippen LogP contribution is 2.37. The molecule has 1 aromatic carbocycles. The minimum absolute atomic E-state index is 0.577. The number of aromatic nitrogens is 2. The van der Waals surface area contributed by atoms with Gasteiger partial charge in [-0.05, 0) is 30.9 Å². The first-order valence-corrected chi connectivity index (χ1v) is 7.94. The van der Waals surface area contributed by atoms with Gasteiger partial charge in [-0.15, -0.1) is 10.2 Å². The molecule has 0 amide bonds. The molecule has 0 aliphatic carbocycles. The molecule has 17 heavy (non-hydrogen) atoms. The average Bonchev–Trinajstić information content (AvgIpc) is 2.73. The van der Waals surface area contributed by atoms with E-state index >= 15 is 0 Å².